The minimum Gasteiger partial charge on any atom is -0.369 e. The summed E-state index contributed by atoms with van der Waals surface area (Å²) in [5.74, 6) is 0.758. The second kappa shape index (κ2) is 5.73. The van der Waals surface area contributed by atoms with E-state index in [-0.39, 0.29) is 12.0 Å². The lowest BCUT2D eigenvalue weighted by molar-refractivity contribution is 0.245. The third-order valence-electron chi connectivity index (χ3n) is 3.16. The molecule has 2 amide bonds. The van der Waals surface area contributed by atoms with Gasteiger partial charge in [-0.25, -0.2) is 9.79 Å². The van der Waals surface area contributed by atoms with Crippen molar-refractivity contribution >= 4 is 17.7 Å². The van der Waals surface area contributed by atoms with Crippen molar-refractivity contribution in [2.24, 2.45) is 16.6 Å². The summed E-state index contributed by atoms with van der Waals surface area (Å²) in [4.78, 5) is 15.8. The van der Waals surface area contributed by atoms with Gasteiger partial charge in [-0.2, -0.15) is 0 Å². The lowest BCUT2D eigenvalue weighted by Crippen LogP contribution is -2.43. The highest BCUT2D eigenvalue weighted by Crippen LogP contribution is 2.27. The van der Waals surface area contributed by atoms with E-state index < -0.39 is 0 Å². The molecule has 19 heavy (non-hydrogen) atoms. The first-order valence-electron chi connectivity index (χ1n) is 6.51. The number of amides is 2. The molecule has 2 rings (SSSR count). The van der Waals surface area contributed by atoms with E-state index in [4.69, 9.17) is 5.73 Å². The van der Waals surface area contributed by atoms with Gasteiger partial charge in [0.25, 0.3) is 0 Å². The lowest BCUT2D eigenvalue weighted by atomic mass is 10.1. The maximum Gasteiger partial charge on any atom is 0.321 e. The molecule has 0 saturated heterocycles. The molecule has 4 N–H and O–H groups in total. The van der Waals surface area contributed by atoms with Crippen LogP contribution >= 0.6 is 0 Å². The molecular formula is C14H20N4O. The fourth-order valence-electron chi connectivity index (χ4n) is 1.85. The summed E-state index contributed by atoms with van der Waals surface area (Å²) in [7, 11) is 0. The molecule has 0 heterocycles. The summed E-state index contributed by atoms with van der Waals surface area (Å²) in [6.45, 7) is 4.64. The van der Waals surface area contributed by atoms with Crippen LogP contribution in [0.4, 0.5) is 10.5 Å². The molecule has 1 fully saturated rings. The monoisotopic (exact) mass is 260 g/mol. The van der Waals surface area contributed by atoms with E-state index in [1.54, 1.807) is 0 Å². The molecule has 5 heteroatoms. The van der Waals surface area contributed by atoms with Crippen LogP contribution in [0.3, 0.4) is 0 Å². The maximum absolute atomic E-state index is 11.6. The summed E-state index contributed by atoms with van der Waals surface area (Å²) >= 11 is 0. The number of hydrogen-bond acceptors (Lipinski definition) is 2. The first kappa shape index (κ1) is 13.4. The SMILES string of the molecule is Cc1cccc(C)c1N=C(N)NC(=O)NCC1CC1. The van der Waals surface area contributed by atoms with Gasteiger partial charge in [-0.3, -0.25) is 5.32 Å². The van der Waals surface area contributed by atoms with Gasteiger partial charge in [-0.05, 0) is 43.7 Å². The van der Waals surface area contributed by atoms with Crippen LogP contribution in [0.15, 0.2) is 23.2 Å². The molecule has 1 aliphatic carbocycles. The van der Waals surface area contributed by atoms with Crippen LogP contribution in [0.2, 0.25) is 0 Å². The first-order valence-corrected chi connectivity index (χ1v) is 6.51. The number of aryl methyl sites for hydroxylation is 2. The van der Waals surface area contributed by atoms with Crippen molar-refractivity contribution in [3.8, 4) is 0 Å². The van der Waals surface area contributed by atoms with E-state index in [0.29, 0.717) is 12.5 Å². The summed E-state index contributed by atoms with van der Waals surface area (Å²) in [6, 6.07) is 5.60. The third kappa shape index (κ3) is 3.98. The van der Waals surface area contributed by atoms with Gasteiger partial charge >= 0.3 is 6.03 Å². The van der Waals surface area contributed by atoms with Gasteiger partial charge in [0.05, 0.1) is 5.69 Å². The highest BCUT2D eigenvalue weighted by Gasteiger charge is 2.21. The molecular weight excluding hydrogens is 240 g/mol. The number of carbonyl (C=O) groups excluding carboxylic acids is 1. The number of nitrogens with one attached hydrogen (secondary N) is 2. The van der Waals surface area contributed by atoms with Crippen molar-refractivity contribution in [1.82, 2.24) is 10.6 Å². The van der Waals surface area contributed by atoms with Crippen molar-refractivity contribution in [3.05, 3.63) is 29.3 Å². The zero-order valence-corrected chi connectivity index (χ0v) is 11.4. The number of nitrogens with zero attached hydrogens (tertiary/aromatic N) is 1. The average Bonchev–Trinajstić information content (AvgIpc) is 3.15. The van der Waals surface area contributed by atoms with Gasteiger partial charge in [0, 0.05) is 6.54 Å². The lowest BCUT2D eigenvalue weighted by Gasteiger charge is -2.08. The Hall–Kier alpha value is -2.04. The zero-order chi connectivity index (χ0) is 13.8. The number of guanidine groups is 1. The van der Waals surface area contributed by atoms with Crippen LogP contribution in [-0.2, 0) is 0 Å². The Bertz CT molecular complexity index is 486. The Balaban J connectivity index is 1.95. The normalized spacial score (nSPS) is 15.2. The average molecular weight is 260 g/mol. The second-order valence-corrected chi connectivity index (χ2v) is 5.02. The number of urea groups is 1. The Morgan fingerprint density at radius 2 is 2.00 bits per heavy atom. The van der Waals surface area contributed by atoms with Crippen LogP contribution in [-0.4, -0.2) is 18.5 Å². The van der Waals surface area contributed by atoms with E-state index >= 15 is 0 Å². The predicted octanol–water partition coefficient (Wildman–Crippen LogP) is 1.96. The highest BCUT2D eigenvalue weighted by molar-refractivity contribution is 5.96. The third-order valence-corrected chi connectivity index (χ3v) is 3.16. The maximum atomic E-state index is 11.6. The van der Waals surface area contributed by atoms with Gasteiger partial charge in [0.1, 0.15) is 0 Å². The van der Waals surface area contributed by atoms with Gasteiger partial charge < -0.3 is 11.1 Å². The number of benzene rings is 1. The molecule has 5 nitrogen and oxygen atoms in total. The second-order valence-electron chi connectivity index (χ2n) is 5.02. The largest absolute Gasteiger partial charge is 0.369 e. The van der Waals surface area contributed by atoms with Crippen molar-refractivity contribution < 1.29 is 4.79 Å². The molecule has 0 unspecified atom stereocenters. The molecule has 102 valence electrons. The molecule has 0 radical (unpaired) electrons. The minimum absolute atomic E-state index is 0.116. The number of nitrogens with two attached hydrogens (primary N) is 1. The van der Waals surface area contributed by atoms with Gasteiger partial charge in [-0.1, -0.05) is 18.2 Å². The molecule has 1 saturated carbocycles. The van der Waals surface area contributed by atoms with E-state index in [9.17, 15) is 4.79 Å². The fourth-order valence-corrected chi connectivity index (χ4v) is 1.85. The van der Waals surface area contributed by atoms with E-state index in [0.717, 1.165) is 16.8 Å². The summed E-state index contributed by atoms with van der Waals surface area (Å²) in [5, 5.41) is 5.32. The van der Waals surface area contributed by atoms with E-state index in [1.165, 1.54) is 12.8 Å². The number of rotatable bonds is 3. The van der Waals surface area contributed by atoms with Crippen LogP contribution in [0, 0.1) is 19.8 Å². The predicted molar refractivity (Wildman–Crippen MR) is 76.5 cm³/mol. The van der Waals surface area contributed by atoms with Gasteiger partial charge in [-0.15, -0.1) is 0 Å². The molecule has 0 aliphatic heterocycles. The van der Waals surface area contributed by atoms with Gasteiger partial charge in [0.15, 0.2) is 0 Å². The zero-order valence-electron chi connectivity index (χ0n) is 11.4. The summed E-state index contributed by atoms with van der Waals surface area (Å²) in [5.41, 5.74) is 8.61. The standard InChI is InChI=1S/C14H20N4O/c1-9-4-3-5-10(2)12(9)17-13(15)18-14(19)16-8-11-6-7-11/h3-5,11H,6-8H2,1-2H3,(H4,15,16,17,18,19). The molecule has 0 atom stereocenters. The Labute approximate surface area is 113 Å². The molecule has 1 aromatic carbocycles. The molecule has 1 aromatic rings. The number of carbonyl (C=O) groups is 1. The van der Waals surface area contributed by atoms with Crippen LogP contribution in [0.25, 0.3) is 0 Å². The number of aliphatic imine (C=N–C) groups is 1. The minimum atomic E-state index is -0.292. The van der Waals surface area contributed by atoms with E-state index in [2.05, 4.69) is 15.6 Å². The van der Waals surface area contributed by atoms with Crippen LogP contribution in [0.5, 0.6) is 0 Å². The summed E-state index contributed by atoms with van der Waals surface area (Å²) < 4.78 is 0. The Morgan fingerprint density at radius 1 is 1.37 bits per heavy atom. The van der Waals surface area contributed by atoms with Crippen molar-refractivity contribution in [2.45, 2.75) is 26.7 Å². The first-order chi connectivity index (χ1) is 9.06. The van der Waals surface area contributed by atoms with Crippen LogP contribution < -0.4 is 16.4 Å². The smallest absolute Gasteiger partial charge is 0.321 e. The van der Waals surface area contributed by atoms with Crippen molar-refractivity contribution in [1.29, 1.82) is 0 Å². The molecule has 0 bridgehead atoms. The topological polar surface area (TPSA) is 79.5 Å². The fraction of sp³-hybridized carbons (Fsp3) is 0.429. The van der Waals surface area contributed by atoms with Crippen molar-refractivity contribution in [2.75, 3.05) is 6.54 Å². The Kier molecular flexibility index (Phi) is 4.04. The highest BCUT2D eigenvalue weighted by atomic mass is 16.2. The van der Waals surface area contributed by atoms with E-state index in [1.807, 2.05) is 32.0 Å². The number of para-hydroxylation sites is 1. The molecule has 0 spiro atoms. The van der Waals surface area contributed by atoms with Crippen molar-refractivity contribution in [3.63, 3.8) is 0 Å². The van der Waals surface area contributed by atoms with Gasteiger partial charge in [0.2, 0.25) is 5.96 Å². The quantitative estimate of drug-likeness (QED) is 0.573. The van der Waals surface area contributed by atoms with Crippen LogP contribution in [0.1, 0.15) is 24.0 Å². The molecule has 1 aliphatic rings. The Morgan fingerprint density at radius 3 is 2.58 bits per heavy atom. The molecule has 0 aromatic heterocycles. The summed E-state index contributed by atoms with van der Waals surface area (Å²) in [6.07, 6.45) is 2.40. The number of hydrogen-bond donors (Lipinski definition) is 3.